The van der Waals surface area contributed by atoms with Gasteiger partial charge in [0.2, 0.25) is 0 Å². The average molecular weight is 483 g/mol. The molecule has 1 N–H and O–H groups in total. The number of fused-ring (bicyclic) bond motifs is 1. The third kappa shape index (κ3) is 4.05. The Hall–Kier alpha value is -3.66. The number of benzene rings is 2. The van der Waals surface area contributed by atoms with E-state index in [4.69, 9.17) is 4.98 Å². The van der Waals surface area contributed by atoms with Crippen molar-refractivity contribution in [2.24, 2.45) is 0 Å². The zero-order valence-electron chi connectivity index (χ0n) is 18.1. The number of pyridine rings is 1. The molecule has 1 amide bonds. The molecule has 0 aliphatic carbocycles. The number of halogens is 2. The maximum absolute atomic E-state index is 14.2. The molecule has 1 aliphatic rings. The first-order valence-electron chi connectivity index (χ1n) is 10.6. The van der Waals surface area contributed by atoms with Crippen LogP contribution in [0, 0.1) is 18.6 Å². The molecule has 1 atom stereocenters. The number of nitrogens with one attached hydrogen (secondary N) is 1. The first kappa shape index (κ1) is 22.1. The number of rotatable bonds is 4. The second kappa shape index (κ2) is 8.28. The second-order valence-electron chi connectivity index (χ2n) is 8.28. The van der Waals surface area contributed by atoms with Gasteiger partial charge in [0.05, 0.1) is 45.6 Å². The van der Waals surface area contributed by atoms with E-state index in [0.717, 1.165) is 17.7 Å². The smallest absolute Gasteiger partial charge is 0.256 e. The summed E-state index contributed by atoms with van der Waals surface area (Å²) < 4.78 is 53.3. The van der Waals surface area contributed by atoms with E-state index in [2.05, 4.69) is 10.4 Å². The lowest BCUT2D eigenvalue weighted by Crippen LogP contribution is -2.15. The number of aromatic nitrogens is 3. The number of anilines is 1. The molecule has 0 saturated carbocycles. The van der Waals surface area contributed by atoms with Crippen molar-refractivity contribution in [3.63, 3.8) is 0 Å². The van der Waals surface area contributed by atoms with Crippen molar-refractivity contribution >= 4 is 32.5 Å². The Morgan fingerprint density at radius 3 is 2.56 bits per heavy atom. The minimum atomic E-state index is -3.18. The fourth-order valence-electron chi connectivity index (χ4n) is 4.25. The minimum absolute atomic E-state index is 0.0528. The number of carbonyl (C=O) groups is 1. The van der Waals surface area contributed by atoms with Crippen LogP contribution in [-0.4, -0.2) is 40.6 Å². The lowest BCUT2D eigenvalue weighted by molar-refractivity contribution is 0.102. The van der Waals surface area contributed by atoms with E-state index in [1.807, 2.05) is 30.3 Å². The van der Waals surface area contributed by atoms with Gasteiger partial charge in [-0.2, -0.15) is 5.10 Å². The normalized spacial score (nSPS) is 17.2. The van der Waals surface area contributed by atoms with Crippen molar-refractivity contribution in [2.45, 2.75) is 19.4 Å². The van der Waals surface area contributed by atoms with Crippen molar-refractivity contribution < 1.29 is 22.0 Å². The van der Waals surface area contributed by atoms with Crippen LogP contribution in [0.3, 0.4) is 0 Å². The predicted molar refractivity (Wildman–Crippen MR) is 124 cm³/mol. The van der Waals surface area contributed by atoms with Gasteiger partial charge in [0, 0.05) is 11.6 Å². The van der Waals surface area contributed by atoms with Crippen molar-refractivity contribution in [1.82, 2.24) is 14.8 Å². The third-order valence-electron chi connectivity index (χ3n) is 5.88. The first-order valence-corrected chi connectivity index (χ1v) is 12.5. The van der Waals surface area contributed by atoms with Crippen molar-refractivity contribution in [3.05, 3.63) is 77.5 Å². The standard InChI is InChI=1S/C24H20F2N4O3S/c1-14-22-18(24(31)28-20-8-7-16(25)11-19(20)26)12-21(15-5-3-2-4-6-15)27-23(22)30(29-14)17-9-10-34(32,33)13-17/h2-8,11-12,17H,9-10,13H2,1H3,(H,28,31)/t17-/m0/s1. The van der Waals surface area contributed by atoms with Crippen molar-refractivity contribution in [3.8, 4) is 11.3 Å². The van der Waals surface area contributed by atoms with E-state index in [-0.39, 0.29) is 22.8 Å². The van der Waals surface area contributed by atoms with Gasteiger partial charge in [0.1, 0.15) is 11.6 Å². The van der Waals surface area contributed by atoms with E-state index in [1.54, 1.807) is 17.7 Å². The van der Waals surface area contributed by atoms with Gasteiger partial charge in [0.15, 0.2) is 15.5 Å². The van der Waals surface area contributed by atoms with Crippen LogP contribution in [-0.2, 0) is 9.84 Å². The molecule has 3 heterocycles. The van der Waals surface area contributed by atoms with Crippen molar-refractivity contribution in [2.75, 3.05) is 16.8 Å². The molecular formula is C24H20F2N4O3S. The minimum Gasteiger partial charge on any atom is -0.319 e. The zero-order chi connectivity index (χ0) is 24.0. The Bertz CT molecular complexity index is 1540. The number of amides is 1. The highest BCUT2D eigenvalue weighted by molar-refractivity contribution is 7.91. The lowest BCUT2D eigenvalue weighted by atomic mass is 10.0. The average Bonchev–Trinajstić information content (AvgIpc) is 3.34. The molecule has 4 aromatic rings. The molecule has 0 bridgehead atoms. The predicted octanol–water partition coefficient (Wildman–Crippen LogP) is 4.30. The Labute approximate surface area is 194 Å². The quantitative estimate of drug-likeness (QED) is 0.468. The summed E-state index contributed by atoms with van der Waals surface area (Å²) in [5.41, 5.74) is 2.15. The van der Waals surface area contributed by atoms with Crippen LogP contribution < -0.4 is 5.32 Å². The van der Waals surface area contributed by atoms with Crippen LogP contribution in [0.2, 0.25) is 0 Å². The van der Waals surface area contributed by atoms with Gasteiger partial charge < -0.3 is 5.32 Å². The van der Waals surface area contributed by atoms with Crippen LogP contribution in [0.25, 0.3) is 22.3 Å². The summed E-state index contributed by atoms with van der Waals surface area (Å²) in [6.07, 6.45) is 0.401. The summed E-state index contributed by atoms with van der Waals surface area (Å²) in [6, 6.07) is 13.3. The number of hydrogen-bond acceptors (Lipinski definition) is 5. The van der Waals surface area contributed by atoms with Gasteiger partial charge in [0.25, 0.3) is 5.91 Å². The van der Waals surface area contributed by atoms with E-state index in [9.17, 15) is 22.0 Å². The topological polar surface area (TPSA) is 93.9 Å². The molecule has 0 spiro atoms. The van der Waals surface area contributed by atoms with E-state index in [0.29, 0.717) is 34.9 Å². The second-order valence-corrected chi connectivity index (χ2v) is 10.5. The highest BCUT2D eigenvalue weighted by Crippen LogP contribution is 2.32. The fraction of sp³-hybridized carbons (Fsp3) is 0.208. The number of aryl methyl sites for hydroxylation is 1. The highest BCUT2D eigenvalue weighted by atomic mass is 32.2. The van der Waals surface area contributed by atoms with Crippen LogP contribution in [0.5, 0.6) is 0 Å². The summed E-state index contributed by atoms with van der Waals surface area (Å²) in [6.45, 7) is 1.71. The van der Waals surface area contributed by atoms with Crippen LogP contribution >= 0.6 is 0 Å². The number of sulfone groups is 1. The van der Waals surface area contributed by atoms with Crippen molar-refractivity contribution in [1.29, 1.82) is 0 Å². The van der Waals surface area contributed by atoms with Gasteiger partial charge in [-0.15, -0.1) is 0 Å². The van der Waals surface area contributed by atoms with Gasteiger partial charge >= 0.3 is 0 Å². The summed E-state index contributed by atoms with van der Waals surface area (Å²) in [5.74, 6) is -2.25. The molecule has 2 aromatic heterocycles. The van der Waals surface area contributed by atoms with E-state index >= 15 is 0 Å². The number of nitrogens with zero attached hydrogens (tertiary/aromatic N) is 3. The lowest BCUT2D eigenvalue weighted by Gasteiger charge is -2.12. The fourth-order valence-corrected chi connectivity index (χ4v) is 5.94. The summed E-state index contributed by atoms with van der Waals surface area (Å²) in [7, 11) is -3.18. The largest absolute Gasteiger partial charge is 0.319 e. The molecule has 5 rings (SSSR count). The Morgan fingerprint density at radius 1 is 1.12 bits per heavy atom. The zero-order valence-corrected chi connectivity index (χ0v) is 18.9. The molecular weight excluding hydrogens is 462 g/mol. The van der Waals surface area contributed by atoms with Gasteiger partial charge in [-0.1, -0.05) is 30.3 Å². The van der Waals surface area contributed by atoms with E-state index in [1.165, 1.54) is 0 Å². The number of hydrogen-bond donors (Lipinski definition) is 1. The Kier molecular flexibility index (Phi) is 5.40. The van der Waals surface area contributed by atoms with Gasteiger partial charge in [-0.3, -0.25) is 4.79 Å². The number of carbonyl (C=O) groups excluding carboxylic acids is 1. The molecule has 174 valence electrons. The van der Waals surface area contributed by atoms with Gasteiger partial charge in [-0.05, 0) is 31.5 Å². The van der Waals surface area contributed by atoms with E-state index < -0.39 is 33.4 Å². The molecule has 10 heteroatoms. The van der Waals surface area contributed by atoms with Gasteiger partial charge in [-0.25, -0.2) is 26.9 Å². The van der Waals surface area contributed by atoms with Crippen LogP contribution in [0.4, 0.5) is 14.5 Å². The molecule has 7 nitrogen and oxygen atoms in total. The summed E-state index contributed by atoms with van der Waals surface area (Å²) >= 11 is 0. The highest BCUT2D eigenvalue weighted by Gasteiger charge is 2.32. The monoisotopic (exact) mass is 482 g/mol. The summed E-state index contributed by atoms with van der Waals surface area (Å²) in [5, 5.41) is 7.49. The maximum atomic E-state index is 14.2. The summed E-state index contributed by atoms with van der Waals surface area (Å²) in [4.78, 5) is 18.0. The molecule has 34 heavy (non-hydrogen) atoms. The maximum Gasteiger partial charge on any atom is 0.256 e. The molecule has 1 aliphatic heterocycles. The Balaban J connectivity index is 1.67. The first-order chi connectivity index (χ1) is 16.2. The molecule has 0 unspecified atom stereocenters. The van der Waals surface area contributed by atoms with Crippen LogP contribution in [0.15, 0.2) is 54.6 Å². The third-order valence-corrected chi connectivity index (χ3v) is 7.64. The molecule has 2 aromatic carbocycles. The van der Waals surface area contributed by atoms with Crippen LogP contribution in [0.1, 0.15) is 28.5 Å². The molecule has 1 fully saturated rings. The molecule has 1 saturated heterocycles. The Morgan fingerprint density at radius 2 is 1.88 bits per heavy atom. The molecule has 0 radical (unpaired) electrons. The SMILES string of the molecule is Cc1nn([C@H]2CCS(=O)(=O)C2)c2nc(-c3ccccc3)cc(C(=O)Nc3ccc(F)cc3F)c12.